The Morgan fingerprint density at radius 3 is 2.20 bits per heavy atom. The number of fused-ring (bicyclic) bond motifs is 2. The van der Waals surface area contributed by atoms with Crippen LogP contribution in [0.15, 0.2) is 36.0 Å². The van der Waals surface area contributed by atoms with Gasteiger partial charge in [-0.2, -0.15) is 0 Å². The number of aliphatic hydroxyl groups excluding tert-OH is 2. The molecule has 12 heteroatoms. The van der Waals surface area contributed by atoms with Gasteiger partial charge in [0.05, 0.1) is 36.9 Å². The lowest BCUT2D eigenvalue weighted by Gasteiger charge is -2.48. The summed E-state index contributed by atoms with van der Waals surface area (Å²) in [5.41, 5.74) is 1.70. The minimum Gasteiger partial charge on any atom is -0.456 e. The first-order chi connectivity index (χ1) is 25.9. The maximum Gasteiger partial charge on any atom is 0.329 e. The lowest BCUT2D eigenvalue weighted by molar-refractivity contribution is -0.321. The van der Waals surface area contributed by atoms with Crippen molar-refractivity contribution in [1.82, 2.24) is 4.90 Å². The SMILES string of the molecule is C=CC[C@@H]1/C=C(\C)C[C@H](C)C[C@H](OC)[C@H]2O[C@@](O)(CC(=O)N(CC)[C@@H](C)C(=O)O[C@H](/C(C)=C/[C@@H]3CC[C@@H](O)[C@H](OC)C3)[C@H](C)[C@@H](O)CC1=O)[C@H](C)C[C@@H]2OC. The van der Waals surface area contributed by atoms with Gasteiger partial charge in [-0.25, -0.2) is 4.79 Å². The zero-order valence-electron chi connectivity index (χ0n) is 35.1. The van der Waals surface area contributed by atoms with Crippen molar-refractivity contribution in [3.8, 4) is 0 Å². The highest BCUT2D eigenvalue weighted by Crippen LogP contribution is 2.40. The lowest BCUT2D eigenvalue weighted by atomic mass is 9.81. The zero-order chi connectivity index (χ0) is 41.2. The molecule has 2 fully saturated rings. The molecule has 1 amide bonds. The maximum atomic E-state index is 14.0. The number of nitrogens with zero attached hydrogens (tertiary/aromatic N) is 1. The highest BCUT2D eigenvalue weighted by atomic mass is 16.7. The van der Waals surface area contributed by atoms with E-state index in [2.05, 4.69) is 13.5 Å². The first-order valence-electron chi connectivity index (χ1n) is 20.3. The second-order valence-electron chi connectivity index (χ2n) is 16.6. The Labute approximate surface area is 329 Å². The fourth-order valence-electron chi connectivity index (χ4n) is 8.84. The van der Waals surface area contributed by atoms with E-state index in [0.29, 0.717) is 50.5 Å². The molecule has 0 aromatic rings. The number of carbonyl (C=O) groups excluding carboxylic acids is 3. The van der Waals surface area contributed by atoms with Crippen molar-refractivity contribution in [1.29, 1.82) is 0 Å². The van der Waals surface area contributed by atoms with Crippen LogP contribution in [0.4, 0.5) is 0 Å². The van der Waals surface area contributed by atoms with Crippen LogP contribution < -0.4 is 0 Å². The van der Waals surface area contributed by atoms with Crippen LogP contribution in [0.25, 0.3) is 0 Å². The molecular formula is C43H71NO11. The Balaban J connectivity index is 2.08. The summed E-state index contributed by atoms with van der Waals surface area (Å²) in [5, 5.41) is 34.0. The number of likely N-dealkylation sites (N-methyl/N-ethyl adjacent to an activating group) is 1. The van der Waals surface area contributed by atoms with Crippen molar-refractivity contribution in [2.24, 2.45) is 29.6 Å². The summed E-state index contributed by atoms with van der Waals surface area (Å²) in [6.45, 7) is 16.9. The van der Waals surface area contributed by atoms with Crippen molar-refractivity contribution in [2.45, 2.75) is 161 Å². The molecule has 2 heterocycles. The first kappa shape index (κ1) is 46.9. The molecule has 314 valence electrons. The number of ether oxygens (including phenoxy) is 5. The van der Waals surface area contributed by atoms with Gasteiger partial charge >= 0.3 is 5.97 Å². The number of hydrogen-bond acceptors (Lipinski definition) is 11. The molecule has 0 radical (unpaired) electrons. The third-order valence-corrected chi connectivity index (χ3v) is 12.3. The molecule has 0 spiro atoms. The molecule has 1 saturated carbocycles. The van der Waals surface area contributed by atoms with Crippen LogP contribution in [0.3, 0.4) is 0 Å². The van der Waals surface area contributed by atoms with E-state index in [1.807, 2.05) is 32.9 Å². The number of cyclic esters (lactones) is 1. The molecule has 3 aliphatic rings. The highest BCUT2D eigenvalue weighted by molar-refractivity contribution is 5.85. The van der Waals surface area contributed by atoms with Crippen LogP contribution in [0, 0.1) is 29.6 Å². The normalized spacial score (nSPS) is 40.8. The summed E-state index contributed by atoms with van der Waals surface area (Å²) < 4.78 is 30.0. The summed E-state index contributed by atoms with van der Waals surface area (Å²) in [6, 6.07) is -1.04. The predicted molar refractivity (Wildman–Crippen MR) is 210 cm³/mol. The summed E-state index contributed by atoms with van der Waals surface area (Å²) in [6.07, 6.45) is 4.50. The van der Waals surface area contributed by atoms with Crippen molar-refractivity contribution in [2.75, 3.05) is 27.9 Å². The number of ketones is 1. The molecule has 2 bridgehead atoms. The van der Waals surface area contributed by atoms with Gasteiger partial charge in [0.25, 0.3) is 0 Å². The number of rotatable bonds is 8. The van der Waals surface area contributed by atoms with Gasteiger partial charge in [0.15, 0.2) is 5.79 Å². The topological polar surface area (TPSA) is 161 Å². The Hall–Kier alpha value is -2.45. The van der Waals surface area contributed by atoms with E-state index >= 15 is 0 Å². The molecule has 0 aromatic heterocycles. The van der Waals surface area contributed by atoms with Gasteiger partial charge in [-0.1, -0.05) is 44.6 Å². The number of Topliss-reactive ketones (excluding diaryl/α,β-unsaturated/α-hetero) is 1. The summed E-state index contributed by atoms with van der Waals surface area (Å²) >= 11 is 0. The Kier molecular flexibility index (Phi) is 18.2. The van der Waals surface area contributed by atoms with Crippen molar-refractivity contribution >= 4 is 17.7 Å². The fourth-order valence-corrected chi connectivity index (χ4v) is 8.84. The number of esters is 1. The van der Waals surface area contributed by atoms with Crippen LogP contribution >= 0.6 is 0 Å². The number of amides is 1. The minimum absolute atomic E-state index is 0.0271. The van der Waals surface area contributed by atoms with Crippen LogP contribution in [-0.4, -0.2) is 120 Å². The van der Waals surface area contributed by atoms with Crippen molar-refractivity contribution in [3.63, 3.8) is 0 Å². The smallest absolute Gasteiger partial charge is 0.329 e. The van der Waals surface area contributed by atoms with E-state index in [9.17, 15) is 29.7 Å². The monoisotopic (exact) mass is 778 g/mol. The molecule has 3 N–H and O–H groups in total. The van der Waals surface area contributed by atoms with Crippen molar-refractivity contribution < 1.29 is 53.4 Å². The van der Waals surface area contributed by atoms with E-state index in [1.165, 1.54) is 4.90 Å². The van der Waals surface area contributed by atoms with Gasteiger partial charge in [-0.3, -0.25) is 9.59 Å². The first-order valence-corrected chi connectivity index (χ1v) is 20.3. The number of carbonyl (C=O) groups is 3. The van der Waals surface area contributed by atoms with Crippen LogP contribution in [0.5, 0.6) is 0 Å². The van der Waals surface area contributed by atoms with Crippen LogP contribution in [0.1, 0.15) is 106 Å². The van der Waals surface area contributed by atoms with Gasteiger partial charge in [-0.05, 0) is 90.0 Å². The molecule has 55 heavy (non-hydrogen) atoms. The predicted octanol–water partition coefficient (Wildman–Crippen LogP) is 5.32. The lowest BCUT2D eigenvalue weighted by Crippen LogP contribution is -2.59. The highest BCUT2D eigenvalue weighted by Gasteiger charge is 2.51. The minimum atomic E-state index is -1.85. The van der Waals surface area contributed by atoms with Gasteiger partial charge in [0.2, 0.25) is 5.91 Å². The second-order valence-corrected chi connectivity index (χ2v) is 16.6. The second kappa shape index (κ2) is 21.3. The van der Waals surface area contributed by atoms with Gasteiger partial charge in [-0.15, -0.1) is 6.58 Å². The molecule has 14 atom stereocenters. The summed E-state index contributed by atoms with van der Waals surface area (Å²) in [7, 11) is 4.76. The van der Waals surface area contributed by atoms with Crippen LogP contribution in [-0.2, 0) is 38.1 Å². The van der Waals surface area contributed by atoms with Gasteiger partial charge in [0, 0.05) is 52.0 Å². The average molecular weight is 778 g/mol. The molecule has 2 aliphatic heterocycles. The van der Waals surface area contributed by atoms with E-state index in [0.717, 1.165) is 5.57 Å². The maximum absolute atomic E-state index is 14.0. The Morgan fingerprint density at radius 1 is 0.964 bits per heavy atom. The third-order valence-electron chi connectivity index (χ3n) is 12.3. The van der Waals surface area contributed by atoms with Crippen molar-refractivity contribution in [3.05, 3.63) is 36.0 Å². The van der Waals surface area contributed by atoms with Crippen LogP contribution in [0.2, 0.25) is 0 Å². The van der Waals surface area contributed by atoms with Gasteiger partial charge < -0.3 is 43.9 Å². The largest absolute Gasteiger partial charge is 0.456 e. The summed E-state index contributed by atoms with van der Waals surface area (Å²) in [4.78, 5) is 43.3. The van der Waals surface area contributed by atoms with E-state index in [4.69, 9.17) is 23.7 Å². The number of methoxy groups -OCH3 is 3. The quantitative estimate of drug-likeness (QED) is 0.216. The summed E-state index contributed by atoms with van der Waals surface area (Å²) in [5.74, 6) is -4.71. The van der Waals surface area contributed by atoms with Gasteiger partial charge in [0.1, 0.15) is 24.0 Å². The molecule has 0 unspecified atom stereocenters. The van der Waals surface area contributed by atoms with E-state index < -0.39 is 84.5 Å². The fraction of sp³-hybridized carbons (Fsp3) is 0.791. The number of hydrogen-bond donors (Lipinski definition) is 3. The molecular weight excluding hydrogens is 706 g/mol. The van der Waals surface area contributed by atoms with E-state index in [1.54, 1.807) is 48.2 Å². The molecule has 0 aromatic carbocycles. The molecule has 1 aliphatic carbocycles. The Morgan fingerprint density at radius 2 is 1.60 bits per heavy atom. The molecule has 12 nitrogen and oxygen atoms in total. The standard InChI is InChI=1S/C43H71NO11/c1-12-14-32-18-25(3)17-26(4)19-37(52-10)41-38(53-11)21-28(6)43(50,55-41)24-39(48)44(13-2)30(8)42(49)54-40(29(7)34(46)23-35(32)47)27(5)20-31-15-16-33(45)36(22-31)51-9/h12,18,20,26,28-34,36-38,40-41,45-46,50H,1,13-17,19,21-24H2,2-11H3/b25-18+,27-20+/t26-,28+,29+,30-,31-,32+,33+,34-,36+,37-,38-,40+,41+,43-/m0/s1. The number of allylic oxidation sites excluding steroid dienone is 4. The Bertz CT molecular complexity index is 1350. The van der Waals surface area contributed by atoms with E-state index in [-0.39, 0.29) is 36.7 Å². The average Bonchev–Trinajstić information content (AvgIpc) is 3.13. The molecule has 1 saturated heterocycles. The molecule has 3 rings (SSSR count). The zero-order valence-corrected chi connectivity index (χ0v) is 35.1. The number of aliphatic hydroxyl groups is 3. The third kappa shape index (κ3) is 12.3.